The molecular weight excluding hydrogens is 308 g/mol. The summed E-state index contributed by atoms with van der Waals surface area (Å²) in [4.78, 5) is 23.0. The van der Waals surface area contributed by atoms with Crippen molar-refractivity contribution in [2.45, 2.75) is 17.6 Å². The molecule has 1 amide bonds. The highest BCUT2D eigenvalue weighted by atomic mass is 32.2. The first kappa shape index (κ1) is 17.0. The lowest BCUT2D eigenvalue weighted by Gasteiger charge is -2.18. The van der Waals surface area contributed by atoms with E-state index in [1.807, 2.05) is 0 Å². The monoisotopic (exact) mass is 321 g/mol. The SMILES string of the molecule is CCN(CC(=O)O)C(=O)c1ccc(S(=O)(=O)C(F)F)cc1. The highest BCUT2D eigenvalue weighted by molar-refractivity contribution is 7.91. The molecule has 0 saturated heterocycles. The van der Waals surface area contributed by atoms with Crippen molar-refractivity contribution < 1.29 is 31.9 Å². The smallest absolute Gasteiger partial charge is 0.341 e. The molecule has 9 heteroatoms. The van der Waals surface area contributed by atoms with Gasteiger partial charge in [-0.05, 0) is 31.2 Å². The van der Waals surface area contributed by atoms with Gasteiger partial charge in [0.25, 0.3) is 5.91 Å². The summed E-state index contributed by atoms with van der Waals surface area (Å²) in [7, 11) is -4.72. The summed E-state index contributed by atoms with van der Waals surface area (Å²) in [5.74, 6) is -5.36. The van der Waals surface area contributed by atoms with Crippen molar-refractivity contribution in [3.05, 3.63) is 29.8 Å². The van der Waals surface area contributed by atoms with Crippen LogP contribution in [0.5, 0.6) is 0 Å². The topological polar surface area (TPSA) is 91.8 Å². The molecule has 1 N–H and O–H groups in total. The second-order valence-corrected chi connectivity index (χ2v) is 5.96. The summed E-state index contributed by atoms with van der Waals surface area (Å²) < 4.78 is 47.2. The van der Waals surface area contributed by atoms with Crippen molar-refractivity contribution in [2.75, 3.05) is 13.1 Å². The van der Waals surface area contributed by atoms with Crippen LogP contribution >= 0.6 is 0 Å². The fraction of sp³-hybridized carbons (Fsp3) is 0.333. The molecule has 0 unspecified atom stereocenters. The van der Waals surface area contributed by atoms with Gasteiger partial charge in [-0.1, -0.05) is 0 Å². The molecule has 21 heavy (non-hydrogen) atoms. The van der Waals surface area contributed by atoms with Crippen molar-refractivity contribution in [1.82, 2.24) is 4.90 Å². The Morgan fingerprint density at radius 3 is 2.14 bits per heavy atom. The summed E-state index contributed by atoms with van der Waals surface area (Å²) in [6.45, 7) is 1.21. The zero-order valence-electron chi connectivity index (χ0n) is 11.0. The summed E-state index contributed by atoms with van der Waals surface area (Å²) in [6, 6.07) is 3.93. The number of hydrogen-bond acceptors (Lipinski definition) is 4. The predicted molar refractivity (Wildman–Crippen MR) is 68.8 cm³/mol. The van der Waals surface area contributed by atoms with Gasteiger partial charge in [0.15, 0.2) is 0 Å². The Balaban J connectivity index is 3.02. The van der Waals surface area contributed by atoms with Crippen molar-refractivity contribution in [1.29, 1.82) is 0 Å². The number of sulfone groups is 1. The molecule has 0 atom stereocenters. The quantitative estimate of drug-likeness (QED) is 0.851. The van der Waals surface area contributed by atoms with E-state index in [1.165, 1.54) is 0 Å². The minimum absolute atomic E-state index is 0.0197. The second kappa shape index (κ2) is 6.61. The van der Waals surface area contributed by atoms with Crippen molar-refractivity contribution in [3.63, 3.8) is 0 Å². The Kier molecular flexibility index (Phi) is 5.36. The van der Waals surface area contributed by atoms with Gasteiger partial charge in [0.1, 0.15) is 6.54 Å². The number of nitrogens with zero attached hydrogens (tertiary/aromatic N) is 1. The molecule has 0 aliphatic heterocycles. The van der Waals surface area contributed by atoms with E-state index in [9.17, 15) is 26.8 Å². The molecule has 0 saturated carbocycles. The van der Waals surface area contributed by atoms with Gasteiger partial charge in [0.2, 0.25) is 9.84 Å². The zero-order chi connectivity index (χ0) is 16.2. The normalized spacial score (nSPS) is 11.4. The minimum atomic E-state index is -4.72. The number of carboxylic acid groups (broad SMARTS) is 1. The third-order valence-corrected chi connectivity index (χ3v) is 4.06. The number of carbonyl (C=O) groups excluding carboxylic acids is 1. The summed E-state index contributed by atoms with van der Waals surface area (Å²) in [5.41, 5.74) is 0.0197. The van der Waals surface area contributed by atoms with Gasteiger partial charge < -0.3 is 10.0 Å². The van der Waals surface area contributed by atoms with Crippen LogP contribution in [0.25, 0.3) is 0 Å². The number of hydrogen-bond donors (Lipinski definition) is 1. The Morgan fingerprint density at radius 2 is 1.76 bits per heavy atom. The van der Waals surface area contributed by atoms with Crippen LogP contribution < -0.4 is 0 Å². The maximum Gasteiger partial charge on any atom is 0.341 e. The average molecular weight is 321 g/mol. The third-order valence-electron chi connectivity index (χ3n) is 2.66. The first-order chi connectivity index (χ1) is 9.70. The largest absolute Gasteiger partial charge is 0.480 e. The third kappa shape index (κ3) is 3.97. The standard InChI is InChI=1S/C12H13F2NO5S/c1-2-15(7-10(16)17)11(18)8-3-5-9(6-4-8)21(19,20)12(13)14/h3-6,12H,2,7H2,1H3,(H,16,17). The summed E-state index contributed by atoms with van der Waals surface area (Å²) in [5, 5.41) is 8.67. The zero-order valence-corrected chi connectivity index (χ0v) is 11.8. The molecule has 1 aromatic carbocycles. The van der Waals surface area contributed by atoms with Crippen LogP contribution in [0.3, 0.4) is 0 Å². The fourth-order valence-electron chi connectivity index (χ4n) is 1.56. The maximum atomic E-state index is 12.4. The first-order valence-electron chi connectivity index (χ1n) is 5.83. The minimum Gasteiger partial charge on any atom is -0.480 e. The van der Waals surface area contributed by atoms with Gasteiger partial charge in [-0.3, -0.25) is 9.59 Å². The number of amides is 1. The lowest BCUT2D eigenvalue weighted by atomic mass is 10.2. The van der Waals surface area contributed by atoms with E-state index in [0.717, 1.165) is 29.2 Å². The Bertz CT molecular complexity index is 628. The van der Waals surface area contributed by atoms with Gasteiger partial charge in [0.05, 0.1) is 4.90 Å². The van der Waals surface area contributed by atoms with E-state index in [1.54, 1.807) is 6.92 Å². The summed E-state index contributed by atoms with van der Waals surface area (Å²) >= 11 is 0. The number of benzene rings is 1. The lowest BCUT2D eigenvalue weighted by molar-refractivity contribution is -0.137. The van der Waals surface area contributed by atoms with Crippen LogP contribution in [0, 0.1) is 0 Å². The van der Waals surface area contributed by atoms with Crippen LogP contribution in [0.4, 0.5) is 8.78 Å². The van der Waals surface area contributed by atoms with Gasteiger partial charge in [-0.15, -0.1) is 0 Å². The molecule has 1 aromatic rings. The molecule has 0 fully saturated rings. The van der Waals surface area contributed by atoms with Gasteiger partial charge in [0, 0.05) is 12.1 Å². The lowest BCUT2D eigenvalue weighted by Crippen LogP contribution is -2.35. The Morgan fingerprint density at radius 1 is 1.24 bits per heavy atom. The Hall–Kier alpha value is -2.03. The highest BCUT2D eigenvalue weighted by Gasteiger charge is 2.27. The van der Waals surface area contributed by atoms with Crippen molar-refractivity contribution >= 4 is 21.7 Å². The molecule has 0 spiro atoms. The van der Waals surface area contributed by atoms with E-state index in [0.29, 0.717) is 0 Å². The fourth-order valence-corrected chi connectivity index (χ4v) is 2.28. The number of rotatable bonds is 6. The molecule has 0 heterocycles. The number of alkyl halides is 2. The van der Waals surface area contributed by atoms with Crippen molar-refractivity contribution in [2.24, 2.45) is 0 Å². The molecule has 116 valence electrons. The molecule has 1 rings (SSSR count). The van der Waals surface area contributed by atoms with Gasteiger partial charge in [-0.2, -0.15) is 8.78 Å². The molecule has 6 nitrogen and oxygen atoms in total. The molecular formula is C12H13F2NO5S. The number of carboxylic acids is 1. The van der Waals surface area contributed by atoms with Gasteiger partial charge in [-0.25, -0.2) is 8.42 Å². The number of carbonyl (C=O) groups is 2. The predicted octanol–water partition coefficient (Wildman–Crippen LogP) is 1.23. The first-order valence-corrected chi connectivity index (χ1v) is 7.38. The van der Waals surface area contributed by atoms with Crippen LogP contribution in [-0.2, 0) is 14.6 Å². The Labute approximate surface area is 119 Å². The highest BCUT2D eigenvalue weighted by Crippen LogP contribution is 2.19. The molecule has 0 aromatic heterocycles. The van der Waals surface area contributed by atoms with Crippen molar-refractivity contribution in [3.8, 4) is 0 Å². The van der Waals surface area contributed by atoms with E-state index in [2.05, 4.69) is 0 Å². The van der Waals surface area contributed by atoms with E-state index in [4.69, 9.17) is 5.11 Å². The number of likely N-dealkylation sites (N-methyl/N-ethyl adjacent to an activating group) is 1. The molecule has 0 bridgehead atoms. The summed E-state index contributed by atoms with van der Waals surface area (Å²) in [6.07, 6.45) is 0. The molecule has 0 radical (unpaired) electrons. The maximum absolute atomic E-state index is 12.4. The van der Waals surface area contributed by atoms with E-state index >= 15 is 0 Å². The van der Waals surface area contributed by atoms with Crippen LogP contribution in [-0.4, -0.2) is 49.1 Å². The van der Waals surface area contributed by atoms with Crippen LogP contribution in [0.15, 0.2) is 29.2 Å². The van der Waals surface area contributed by atoms with E-state index in [-0.39, 0.29) is 12.1 Å². The van der Waals surface area contributed by atoms with Crippen LogP contribution in [0.1, 0.15) is 17.3 Å². The van der Waals surface area contributed by atoms with Gasteiger partial charge >= 0.3 is 11.7 Å². The second-order valence-electron chi connectivity index (χ2n) is 4.04. The molecule has 0 aliphatic rings. The average Bonchev–Trinajstić information content (AvgIpc) is 2.43. The van der Waals surface area contributed by atoms with E-state index < -0.39 is 38.9 Å². The molecule has 0 aliphatic carbocycles. The number of halogens is 2. The number of aliphatic carboxylic acids is 1. The van der Waals surface area contributed by atoms with Crippen LogP contribution in [0.2, 0.25) is 0 Å².